The van der Waals surface area contributed by atoms with Crippen LogP contribution in [0.1, 0.15) is 36.1 Å². The van der Waals surface area contributed by atoms with Crippen LogP contribution in [-0.2, 0) is 12.6 Å². The first-order chi connectivity index (χ1) is 13.2. The molecule has 3 nitrogen and oxygen atoms in total. The summed E-state index contributed by atoms with van der Waals surface area (Å²) in [4.78, 5) is 8.65. The summed E-state index contributed by atoms with van der Waals surface area (Å²) in [7, 11) is 2.06. The van der Waals surface area contributed by atoms with Crippen LogP contribution in [0.3, 0.4) is 0 Å². The molecule has 4 heteroatoms. The summed E-state index contributed by atoms with van der Waals surface area (Å²) in [6.45, 7) is 18.1. The fourth-order valence-electron chi connectivity index (χ4n) is 3.90. The van der Waals surface area contributed by atoms with Crippen molar-refractivity contribution in [2.24, 2.45) is 7.05 Å². The molecule has 0 fully saturated rings. The zero-order valence-corrected chi connectivity index (χ0v) is 18.0. The first-order valence-electron chi connectivity index (χ1n) is 9.42. The normalized spacial score (nSPS) is 11.9. The van der Waals surface area contributed by atoms with Gasteiger partial charge in [-0.2, -0.15) is 0 Å². The second-order valence-electron chi connectivity index (χ2n) is 8.09. The van der Waals surface area contributed by atoms with Gasteiger partial charge in [0.1, 0.15) is 4.70 Å². The Kier molecular flexibility index (Phi) is 4.24. The van der Waals surface area contributed by atoms with E-state index in [-0.39, 0.29) is 0 Å². The summed E-state index contributed by atoms with van der Waals surface area (Å²) >= 11 is 1.76. The predicted octanol–water partition coefficient (Wildman–Crippen LogP) is 6.02. The van der Waals surface area contributed by atoms with E-state index in [2.05, 4.69) is 61.5 Å². The molecule has 0 aliphatic heterocycles. The molecule has 0 aliphatic rings. The summed E-state index contributed by atoms with van der Waals surface area (Å²) in [6.07, 6.45) is 1.91. The molecule has 4 aromatic rings. The van der Waals surface area contributed by atoms with E-state index in [0.29, 0.717) is 0 Å². The minimum atomic E-state index is -0.557. The number of hydrogen-bond donors (Lipinski definition) is 0. The van der Waals surface area contributed by atoms with Gasteiger partial charge in [-0.3, -0.25) is 0 Å². The van der Waals surface area contributed by atoms with E-state index in [1.165, 1.54) is 37.3 Å². The Morgan fingerprint density at radius 3 is 2.57 bits per heavy atom. The molecule has 140 valence electrons. The zero-order chi connectivity index (χ0) is 20.2. The Hall–Kier alpha value is -2.77. The van der Waals surface area contributed by atoms with Gasteiger partial charge in [-0.1, -0.05) is 17.7 Å². The molecule has 0 spiro atoms. The van der Waals surface area contributed by atoms with Crippen molar-refractivity contribution in [1.82, 2.24) is 4.98 Å². The summed E-state index contributed by atoms with van der Waals surface area (Å²) in [5, 5.41) is 1.14. The quantitative estimate of drug-likeness (QED) is 0.305. The predicted molar refractivity (Wildman–Crippen MR) is 118 cm³/mol. The number of rotatable bonds is 2. The average molecular weight is 387 g/mol. The number of fused-ring (bicyclic) bond motifs is 3. The van der Waals surface area contributed by atoms with Gasteiger partial charge in [0.15, 0.2) is 5.69 Å². The molecule has 2 aromatic carbocycles. The number of nitrogens with zero attached hydrogens (tertiary/aromatic N) is 3. The highest BCUT2D eigenvalue weighted by Gasteiger charge is 2.31. The molecule has 2 aromatic heterocycles. The lowest BCUT2D eigenvalue weighted by atomic mass is 9.94. The molecule has 0 unspecified atom stereocenters. The largest absolute Gasteiger partial charge is 0.306 e. The summed E-state index contributed by atoms with van der Waals surface area (Å²) in [6, 6.07) is 10.8. The number of hydrogen-bond acceptors (Lipinski definition) is 2. The van der Waals surface area contributed by atoms with Crippen LogP contribution in [0.5, 0.6) is 0 Å². The Bertz CT molecular complexity index is 1290. The van der Waals surface area contributed by atoms with E-state index in [1.807, 2.05) is 26.2 Å². The summed E-state index contributed by atoms with van der Waals surface area (Å²) in [5.74, 6) is 0. The van der Waals surface area contributed by atoms with Gasteiger partial charge in [0, 0.05) is 24.8 Å². The Morgan fingerprint density at radius 1 is 1.11 bits per heavy atom. The van der Waals surface area contributed by atoms with E-state index in [4.69, 9.17) is 11.6 Å². The van der Waals surface area contributed by atoms with Gasteiger partial charge in [0.2, 0.25) is 5.52 Å². The number of benzene rings is 2. The van der Waals surface area contributed by atoms with Crippen molar-refractivity contribution < 1.29 is 4.57 Å². The number of aryl methyl sites for hydroxylation is 3. The maximum atomic E-state index is 7.65. The molecule has 0 atom stereocenters. The molecule has 2 heterocycles. The van der Waals surface area contributed by atoms with Gasteiger partial charge < -0.3 is 4.85 Å². The molecule has 0 saturated carbocycles. The van der Waals surface area contributed by atoms with Crippen molar-refractivity contribution in [2.75, 3.05) is 0 Å². The van der Waals surface area contributed by atoms with Gasteiger partial charge in [0.05, 0.1) is 17.3 Å². The minimum absolute atomic E-state index is 0.557. The van der Waals surface area contributed by atoms with Crippen LogP contribution in [0.25, 0.3) is 36.4 Å². The highest BCUT2D eigenvalue weighted by atomic mass is 32.1. The van der Waals surface area contributed by atoms with E-state index in [0.717, 1.165) is 16.5 Å². The maximum absolute atomic E-state index is 7.65. The fourth-order valence-corrected chi connectivity index (χ4v) is 5.41. The summed E-state index contributed by atoms with van der Waals surface area (Å²) < 4.78 is 4.47. The standard InChI is InChI=1S/C24H24N3S/c1-14-11-15(2)16(3)18(12-14)21-23-20(26-13-27(21)7)17-9-8-10-19(22(17)28-23)24(4,5)25-6/h8-13H,1-5,7H3/q+1. The second kappa shape index (κ2) is 6.39. The van der Waals surface area contributed by atoms with Crippen molar-refractivity contribution in [1.29, 1.82) is 0 Å². The molecule has 4 rings (SSSR count). The molecule has 0 aliphatic carbocycles. The summed E-state index contributed by atoms with van der Waals surface area (Å²) in [5.41, 5.74) is 7.86. The second-order valence-corrected chi connectivity index (χ2v) is 9.11. The lowest BCUT2D eigenvalue weighted by molar-refractivity contribution is -0.662. The highest BCUT2D eigenvalue weighted by molar-refractivity contribution is 7.26. The van der Waals surface area contributed by atoms with Crippen LogP contribution in [0, 0.1) is 27.3 Å². The third-order valence-corrected chi connectivity index (χ3v) is 6.86. The van der Waals surface area contributed by atoms with Crippen molar-refractivity contribution in [3.05, 3.63) is 70.3 Å². The molecular formula is C24H24N3S+. The Labute approximate surface area is 170 Å². The average Bonchev–Trinajstić information content (AvgIpc) is 3.03. The van der Waals surface area contributed by atoms with E-state index < -0.39 is 5.54 Å². The first kappa shape index (κ1) is 18.6. The van der Waals surface area contributed by atoms with Crippen molar-refractivity contribution >= 4 is 31.6 Å². The molecule has 28 heavy (non-hydrogen) atoms. The Balaban J connectivity index is 2.16. The smallest absolute Gasteiger partial charge is 0.287 e. The third-order valence-electron chi connectivity index (χ3n) is 5.62. The van der Waals surface area contributed by atoms with E-state index in [1.54, 1.807) is 11.3 Å². The van der Waals surface area contributed by atoms with Crippen molar-refractivity contribution in [3.8, 4) is 11.3 Å². The minimum Gasteiger partial charge on any atom is -0.306 e. The van der Waals surface area contributed by atoms with Gasteiger partial charge in [-0.15, -0.1) is 11.3 Å². The third kappa shape index (κ3) is 2.70. The van der Waals surface area contributed by atoms with E-state index >= 15 is 0 Å². The van der Waals surface area contributed by atoms with Crippen LogP contribution in [0.2, 0.25) is 0 Å². The van der Waals surface area contributed by atoms with Gasteiger partial charge in [-0.05, 0) is 55.1 Å². The van der Waals surface area contributed by atoms with E-state index in [9.17, 15) is 0 Å². The highest BCUT2D eigenvalue weighted by Crippen LogP contribution is 2.42. The molecule has 0 N–H and O–H groups in total. The zero-order valence-electron chi connectivity index (χ0n) is 17.2. The van der Waals surface area contributed by atoms with Crippen molar-refractivity contribution in [2.45, 2.75) is 40.2 Å². The fraction of sp³-hybridized carbons (Fsp3) is 0.292. The SMILES string of the molecule is [C-]#[N+]C(C)(C)c1cccc2c1sc1c(-c3cc(C)cc(C)c3C)[n+](C)cnc12. The topological polar surface area (TPSA) is 21.1 Å². The van der Waals surface area contributed by atoms with Crippen LogP contribution >= 0.6 is 11.3 Å². The van der Waals surface area contributed by atoms with Crippen LogP contribution in [0.4, 0.5) is 0 Å². The molecule has 0 amide bonds. The monoisotopic (exact) mass is 386 g/mol. The molecular weight excluding hydrogens is 362 g/mol. The Morgan fingerprint density at radius 2 is 1.86 bits per heavy atom. The lowest BCUT2D eigenvalue weighted by Gasteiger charge is -2.12. The maximum Gasteiger partial charge on any atom is 0.287 e. The number of thiophene rings is 1. The van der Waals surface area contributed by atoms with Crippen LogP contribution < -0.4 is 4.57 Å². The van der Waals surface area contributed by atoms with Gasteiger partial charge in [0.25, 0.3) is 11.9 Å². The molecule has 0 saturated heterocycles. The van der Waals surface area contributed by atoms with Crippen LogP contribution in [0.15, 0.2) is 36.7 Å². The van der Waals surface area contributed by atoms with Crippen LogP contribution in [-0.4, -0.2) is 4.98 Å². The lowest BCUT2D eigenvalue weighted by Crippen LogP contribution is -2.31. The molecule has 0 radical (unpaired) electrons. The van der Waals surface area contributed by atoms with Gasteiger partial charge >= 0.3 is 0 Å². The van der Waals surface area contributed by atoms with Gasteiger partial charge in [-0.25, -0.2) is 11.1 Å². The molecule has 0 bridgehead atoms. The first-order valence-corrected chi connectivity index (χ1v) is 10.2. The van der Waals surface area contributed by atoms with Crippen molar-refractivity contribution in [3.63, 3.8) is 0 Å². The number of aromatic nitrogens is 2.